The van der Waals surface area contributed by atoms with E-state index in [9.17, 15) is 25.5 Å². The Kier molecular flexibility index (Phi) is 15.2. The first-order chi connectivity index (χ1) is 17.4. The highest BCUT2D eigenvalue weighted by Gasteiger charge is 2.50. The molecule has 36 heavy (non-hydrogen) atoms. The largest absolute Gasteiger partial charge is 0.394 e. The Morgan fingerprint density at radius 1 is 0.778 bits per heavy atom. The molecule has 11 heteroatoms. The molecule has 11 nitrogen and oxygen atoms in total. The summed E-state index contributed by atoms with van der Waals surface area (Å²) in [6.07, 6.45) is 3.25. The molecule has 0 aromatic carbocycles. The molecule has 10 unspecified atom stereocenters. The summed E-state index contributed by atoms with van der Waals surface area (Å²) in [5.41, 5.74) is 6.08. The molecule has 2 fully saturated rings. The van der Waals surface area contributed by atoms with Gasteiger partial charge in [0.1, 0.15) is 36.6 Å². The molecule has 214 valence electrons. The Morgan fingerprint density at radius 2 is 1.33 bits per heavy atom. The highest BCUT2D eigenvalue weighted by atomic mass is 16.7. The summed E-state index contributed by atoms with van der Waals surface area (Å²) in [4.78, 5) is 0. The molecule has 0 spiro atoms. The molecule has 0 aromatic rings. The second-order valence-electron chi connectivity index (χ2n) is 9.99. The summed E-state index contributed by atoms with van der Waals surface area (Å²) in [6, 6.07) is -1.88. The zero-order valence-electron chi connectivity index (χ0n) is 21.9. The second kappa shape index (κ2) is 17.2. The molecule has 0 bridgehead atoms. The first kappa shape index (κ1) is 31.8. The molecule has 0 radical (unpaired) electrons. The standard InChI is InChI=1S/C25H50N2O9/c1-3-4-5-6-7-8-9-10-11-12-13-27-19-21(31)23(17(15-29)34-24(19)32)36-25-18(26)20(30)22(33-2)16(14-28)35-25/h16-25,27-32H,3-15,26H2,1-2H3. The molecule has 0 saturated carbocycles. The number of aliphatic hydroxyl groups excluding tert-OH is 5. The van der Waals surface area contributed by atoms with Gasteiger partial charge in [0, 0.05) is 7.11 Å². The van der Waals surface area contributed by atoms with Gasteiger partial charge < -0.3 is 55.5 Å². The number of hydrogen-bond donors (Lipinski definition) is 7. The summed E-state index contributed by atoms with van der Waals surface area (Å²) in [7, 11) is 1.38. The number of methoxy groups -OCH3 is 1. The van der Waals surface area contributed by atoms with Crippen LogP contribution in [0.1, 0.15) is 71.1 Å². The van der Waals surface area contributed by atoms with Crippen LogP contribution in [0.15, 0.2) is 0 Å². The van der Waals surface area contributed by atoms with Gasteiger partial charge in [0.25, 0.3) is 0 Å². The van der Waals surface area contributed by atoms with Gasteiger partial charge in [0.05, 0.1) is 25.3 Å². The molecular formula is C25H50N2O9. The fourth-order valence-electron chi connectivity index (χ4n) is 5.01. The Labute approximate surface area is 215 Å². The van der Waals surface area contributed by atoms with Crippen LogP contribution in [0.25, 0.3) is 0 Å². The normalized spacial score (nSPS) is 37.3. The van der Waals surface area contributed by atoms with Gasteiger partial charge in [0.2, 0.25) is 0 Å². The average molecular weight is 523 g/mol. The molecule has 2 aliphatic rings. The van der Waals surface area contributed by atoms with Gasteiger partial charge >= 0.3 is 0 Å². The van der Waals surface area contributed by atoms with Gasteiger partial charge in [-0.2, -0.15) is 0 Å². The van der Waals surface area contributed by atoms with Gasteiger partial charge in [-0.3, -0.25) is 0 Å². The molecular weight excluding hydrogens is 472 g/mol. The maximum absolute atomic E-state index is 11.0. The number of rotatable bonds is 17. The predicted molar refractivity (Wildman–Crippen MR) is 133 cm³/mol. The van der Waals surface area contributed by atoms with Crippen molar-refractivity contribution in [1.29, 1.82) is 0 Å². The molecule has 8 N–H and O–H groups in total. The van der Waals surface area contributed by atoms with Crippen LogP contribution in [0.2, 0.25) is 0 Å². The van der Waals surface area contributed by atoms with Gasteiger partial charge in [-0.05, 0) is 13.0 Å². The Morgan fingerprint density at radius 3 is 1.89 bits per heavy atom. The van der Waals surface area contributed by atoms with Gasteiger partial charge in [-0.15, -0.1) is 0 Å². The highest BCUT2D eigenvalue weighted by Crippen LogP contribution is 2.28. The third-order valence-electron chi connectivity index (χ3n) is 7.25. The predicted octanol–water partition coefficient (Wildman–Crippen LogP) is -0.258. The molecule has 0 aromatic heterocycles. The van der Waals surface area contributed by atoms with E-state index in [1.54, 1.807) is 0 Å². The molecule has 10 atom stereocenters. The lowest BCUT2D eigenvalue weighted by Crippen LogP contribution is -2.68. The van der Waals surface area contributed by atoms with Crippen molar-refractivity contribution >= 4 is 0 Å². The van der Waals surface area contributed by atoms with E-state index < -0.39 is 74.5 Å². The third-order valence-corrected chi connectivity index (χ3v) is 7.25. The van der Waals surface area contributed by atoms with E-state index >= 15 is 0 Å². The van der Waals surface area contributed by atoms with Crippen LogP contribution in [0.3, 0.4) is 0 Å². The summed E-state index contributed by atoms with van der Waals surface area (Å²) in [5.74, 6) is 0. The fourth-order valence-corrected chi connectivity index (χ4v) is 5.01. The topological polar surface area (TPSA) is 176 Å². The number of aliphatic hydroxyl groups is 5. The van der Waals surface area contributed by atoms with Crippen molar-refractivity contribution in [3.63, 3.8) is 0 Å². The molecule has 2 heterocycles. The van der Waals surface area contributed by atoms with E-state index in [1.807, 2.05) is 0 Å². The lowest BCUT2D eigenvalue weighted by Gasteiger charge is -2.47. The number of ether oxygens (including phenoxy) is 4. The minimum atomic E-state index is -1.34. The van der Waals surface area contributed by atoms with Crippen LogP contribution < -0.4 is 11.1 Å². The Bertz CT molecular complexity index is 574. The first-order valence-corrected chi connectivity index (χ1v) is 13.6. The SMILES string of the molecule is CCCCCCCCCCCCNC1C(O)OC(CO)C(OC2OC(CO)C(OC)C(O)C2N)C1O. The van der Waals surface area contributed by atoms with Crippen molar-refractivity contribution in [2.24, 2.45) is 5.73 Å². The maximum Gasteiger partial charge on any atom is 0.176 e. The number of nitrogens with two attached hydrogens (primary N) is 1. The van der Waals surface area contributed by atoms with Crippen molar-refractivity contribution in [3.05, 3.63) is 0 Å². The number of unbranched alkanes of at least 4 members (excludes halogenated alkanes) is 9. The Balaban J connectivity index is 1.82. The van der Waals surface area contributed by atoms with Gasteiger partial charge in [0.15, 0.2) is 12.6 Å². The van der Waals surface area contributed by atoms with E-state index in [1.165, 1.54) is 52.1 Å². The van der Waals surface area contributed by atoms with Gasteiger partial charge in [-0.1, -0.05) is 64.7 Å². The first-order valence-electron chi connectivity index (χ1n) is 13.6. The van der Waals surface area contributed by atoms with E-state index in [0.717, 1.165) is 19.3 Å². The highest BCUT2D eigenvalue weighted by molar-refractivity contribution is 4.97. The van der Waals surface area contributed by atoms with Crippen molar-refractivity contribution < 1.29 is 44.5 Å². The van der Waals surface area contributed by atoms with Gasteiger partial charge in [-0.25, -0.2) is 0 Å². The van der Waals surface area contributed by atoms with Crippen LogP contribution in [-0.2, 0) is 18.9 Å². The molecule has 0 aliphatic carbocycles. The van der Waals surface area contributed by atoms with E-state index in [2.05, 4.69) is 12.2 Å². The monoisotopic (exact) mass is 522 g/mol. The lowest BCUT2D eigenvalue weighted by molar-refractivity contribution is -0.327. The number of hydrogen-bond acceptors (Lipinski definition) is 11. The molecule has 2 rings (SSSR count). The average Bonchev–Trinajstić information content (AvgIpc) is 2.87. The molecule has 2 aliphatic heterocycles. The van der Waals surface area contributed by atoms with E-state index in [4.69, 9.17) is 24.7 Å². The van der Waals surface area contributed by atoms with Crippen LogP contribution in [0.5, 0.6) is 0 Å². The van der Waals surface area contributed by atoms with Crippen LogP contribution in [0, 0.1) is 0 Å². The van der Waals surface area contributed by atoms with E-state index in [0.29, 0.717) is 6.54 Å². The van der Waals surface area contributed by atoms with Crippen LogP contribution in [-0.4, -0.2) is 114 Å². The smallest absolute Gasteiger partial charge is 0.176 e. The summed E-state index contributed by atoms with van der Waals surface area (Å²) in [6.45, 7) is 1.85. The van der Waals surface area contributed by atoms with Crippen LogP contribution >= 0.6 is 0 Å². The lowest BCUT2D eigenvalue weighted by atomic mass is 9.95. The van der Waals surface area contributed by atoms with Crippen molar-refractivity contribution in [2.75, 3.05) is 26.9 Å². The van der Waals surface area contributed by atoms with Crippen molar-refractivity contribution in [2.45, 2.75) is 132 Å². The number of nitrogens with one attached hydrogen (secondary N) is 1. The Hall–Kier alpha value is -0.440. The summed E-state index contributed by atoms with van der Waals surface area (Å²) in [5, 5.41) is 54.4. The summed E-state index contributed by atoms with van der Waals surface area (Å²) < 4.78 is 22.3. The molecule has 0 amide bonds. The van der Waals surface area contributed by atoms with Crippen molar-refractivity contribution in [3.8, 4) is 0 Å². The van der Waals surface area contributed by atoms with Crippen LogP contribution in [0.4, 0.5) is 0 Å². The minimum Gasteiger partial charge on any atom is -0.394 e. The summed E-state index contributed by atoms with van der Waals surface area (Å²) >= 11 is 0. The minimum absolute atomic E-state index is 0.433. The maximum atomic E-state index is 11.0. The molecule has 2 saturated heterocycles. The second-order valence-corrected chi connectivity index (χ2v) is 9.99. The van der Waals surface area contributed by atoms with E-state index in [-0.39, 0.29) is 0 Å². The third kappa shape index (κ3) is 9.09. The fraction of sp³-hybridized carbons (Fsp3) is 1.00. The van der Waals surface area contributed by atoms with Crippen molar-refractivity contribution in [1.82, 2.24) is 5.32 Å². The quantitative estimate of drug-likeness (QED) is 0.125. The zero-order valence-corrected chi connectivity index (χ0v) is 21.9. The zero-order chi connectivity index (χ0) is 26.5.